The van der Waals surface area contributed by atoms with E-state index < -0.39 is 0 Å². The van der Waals surface area contributed by atoms with Gasteiger partial charge in [-0.2, -0.15) is 0 Å². The Morgan fingerprint density at radius 3 is 2.44 bits per heavy atom. The van der Waals surface area contributed by atoms with E-state index in [-0.39, 0.29) is 11.7 Å². The van der Waals surface area contributed by atoms with E-state index in [9.17, 15) is 9.18 Å². The van der Waals surface area contributed by atoms with Gasteiger partial charge in [0, 0.05) is 6.54 Å². The van der Waals surface area contributed by atoms with Crippen molar-refractivity contribution in [2.45, 2.75) is 20.5 Å². The largest absolute Gasteiger partial charge is 0.489 e. The molecule has 1 aliphatic rings. The Morgan fingerprint density at radius 2 is 1.81 bits per heavy atom. The number of nitrogens with zero attached hydrogens (tertiary/aromatic N) is 1. The van der Waals surface area contributed by atoms with Crippen LogP contribution in [0.1, 0.15) is 25.0 Å². The fraction of sp³-hybridized carbons (Fsp3) is 0.238. The maximum absolute atomic E-state index is 12.9. The van der Waals surface area contributed by atoms with Gasteiger partial charge in [0.05, 0.1) is 4.91 Å². The Balaban J connectivity index is 1.63. The van der Waals surface area contributed by atoms with Gasteiger partial charge < -0.3 is 4.74 Å². The summed E-state index contributed by atoms with van der Waals surface area (Å²) in [5, 5.41) is 0. The summed E-state index contributed by atoms with van der Waals surface area (Å²) in [5.41, 5.74) is 1.81. The van der Waals surface area contributed by atoms with Crippen LogP contribution in [0.4, 0.5) is 4.39 Å². The number of hydrogen-bond donors (Lipinski definition) is 0. The third-order valence-corrected chi connectivity index (χ3v) is 5.30. The van der Waals surface area contributed by atoms with Gasteiger partial charge in [-0.25, -0.2) is 4.39 Å². The topological polar surface area (TPSA) is 29.5 Å². The molecule has 0 aliphatic carbocycles. The lowest BCUT2D eigenvalue weighted by Gasteiger charge is -2.16. The summed E-state index contributed by atoms with van der Waals surface area (Å²) in [6, 6.07) is 13.7. The average Bonchev–Trinajstić information content (AvgIpc) is 2.89. The van der Waals surface area contributed by atoms with E-state index >= 15 is 0 Å². The summed E-state index contributed by atoms with van der Waals surface area (Å²) >= 11 is 6.66. The molecule has 1 saturated heterocycles. The first-order valence-corrected chi connectivity index (χ1v) is 9.87. The second kappa shape index (κ2) is 8.67. The van der Waals surface area contributed by atoms with Crippen LogP contribution in [0.5, 0.6) is 5.75 Å². The zero-order chi connectivity index (χ0) is 19.4. The number of rotatable bonds is 6. The molecule has 1 amide bonds. The molecular formula is C21H20FNO2S2. The number of thioether (sulfide) groups is 1. The normalized spacial score (nSPS) is 15.9. The number of hydrogen-bond acceptors (Lipinski definition) is 4. The quantitative estimate of drug-likeness (QED) is 0.488. The van der Waals surface area contributed by atoms with Crippen molar-refractivity contribution in [3.8, 4) is 5.75 Å². The fourth-order valence-electron chi connectivity index (χ4n) is 2.58. The minimum Gasteiger partial charge on any atom is -0.489 e. The predicted molar refractivity (Wildman–Crippen MR) is 112 cm³/mol. The predicted octanol–water partition coefficient (Wildman–Crippen LogP) is 5.26. The standard InChI is InChI=1S/C21H20FNO2S2/c1-14(2)12-23-20(24)19(27-21(23)26)11-15-5-9-18(10-6-15)25-13-16-3-7-17(22)8-4-16/h3-11,14H,12-13H2,1-2H3/b19-11-. The number of amides is 1. The lowest BCUT2D eigenvalue weighted by molar-refractivity contribution is -0.122. The number of carbonyl (C=O) groups is 1. The Morgan fingerprint density at radius 1 is 1.15 bits per heavy atom. The zero-order valence-corrected chi connectivity index (χ0v) is 16.8. The summed E-state index contributed by atoms with van der Waals surface area (Å²) in [6.45, 7) is 5.13. The number of carbonyl (C=O) groups excluding carboxylic acids is 1. The SMILES string of the molecule is CC(C)CN1C(=O)/C(=C/c2ccc(OCc3ccc(F)cc3)cc2)SC1=S. The van der Waals surface area contributed by atoms with Gasteiger partial charge in [0.15, 0.2) is 0 Å². The summed E-state index contributed by atoms with van der Waals surface area (Å²) in [6.07, 6.45) is 1.85. The number of halogens is 1. The van der Waals surface area contributed by atoms with Crippen molar-refractivity contribution in [2.24, 2.45) is 5.92 Å². The molecule has 0 unspecified atom stereocenters. The van der Waals surface area contributed by atoms with Crippen LogP contribution in [0.25, 0.3) is 6.08 Å². The molecule has 2 aromatic rings. The van der Waals surface area contributed by atoms with Crippen LogP contribution in [0.2, 0.25) is 0 Å². The van der Waals surface area contributed by atoms with Crippen LogP contribution in [-0.4, -0.2) is 21.7 Å². The highest BCUT2D eigenvalue weighted by Gasteiger charge is 2.32. The molecule has 1 aliphatic heterocycles. The van der Waals surface area contributed by atoms with E-state index in [1.165, 1.54) is 23.9 Å². The smallest absolute Gasteiger partial charge is 0.266 e. The van der Waals surface area contributed by atoms with Crippen molar-refractivity contribution < 1.29 is 13.9 Å². The molecule has 0 bridgehead atoms. The molecule has 6 heteroatoms. The van der Waals surface area contributed by atoms with Gasteiger partial charge in [-0.1, -0.05) is 62.1 Å². The first-order chi connectivity index (χ1) is 12.9. The van der Waals surface area contributed by atoms with E-state index in [1.54, 1.807) is 17.0 Å². The van der Waals surface area contributed by atoms with Crippen molar-refractivity contribution in [1.29, 1.82) is 0 Å². The highest BCUT2D eigenvalue weighted by Crippen LogP contribution is 2.33. The van der Waals surface area contributed by atoms with Gasteiger partial charge in [0.2, 0.25) is 0 Å². The molecule has 0 aromatic heterocycles. The minimum absolute atomic E-state index is 0.0321. The van der Waals surface area contributed by atoms with Gasteiger partial charge in [-0.05, 0) is 47.4 Å². The highest BCUT2D eigenvalue weighted by atomic mass is 32.2. The minimum atomic E-state index is -0.262. The van der Waals surface area contributed by atoms with Crippen LogP contribution >= 0.6 is 24.0 Å². The zero-order valence-electron chi connectivity index (χ0n) is 15.1. The van der Waals surface area contributed by atoms with Gasteiger partial charge in [-0.3, -0.25) is 9.69 Å². The fourth-order valence-corrected chi connectivity index (χ4v) is 3.86. The molecule has 0 N–H and O–H groups in total. The molecule has 3 nitrogen and oxygen atoms in total. The van der Waals surface area contributed by atoms with E-state index in [0.29, 0.717) is 34.0 Å². The van der Waals surface area contributed by atoms with E-state index in [1.807, 2.05) is 30.3 Å². The highest BCUT2D eigenvalue weighted by molar-refractivity contribution is 8.26. The Labute approximate surface area is 168 Å². The van der Waals surface area contributed by atoms with Crippen LogP contribution in [0.3, 0.4) is 0 Å². The van der Waals surface area contributed by atoms with Gasteiger partial charge in [-0.15, -0.1) is 0 Å². The Hall–Kier alpha value is -2.18. The Kier molecular flexibility index (Phi) is 6.29. The molecular weight excluding hydrogens is 381 g/mol. The van der Waals surface area contributed by atoms with E-state index in [0.717, 1.165) is 11.1 Å². The molecule has 0 saturated carbocycles. The van der Waals surface area contributed by atoms with Crippen LogP contribution in [0, 0.1) is 11.7 Å². The summed E-state index contributed by atoms with van der Waals surface area (Å²) in [7, 11) is 0. The van der Waals surface area contributed by atoms with Crippen molar-refractivity contribution in [3.63, 3.8) is 0 Å². The molecule has 27 heavy (non-hydrogen) atoms. The molecule has 2 aromatic carbocycles. The number of ether oxygens (including phenoxy) is 1. The average molecular weight is 402 g/mol. The molecule has 1 fully saturated rings. The molecule has 1 heterocycles. The molecule has 0 spiro atoms. The molecule has 3 rings (SSSR count). The third-order valence-electron chi connectivity index (χ3n) is 3.92. The summed E-state index contributed by atoms with van der Waals surface area (Å²) in [4.78, 5) is 14.8. The summed E-state index contributed by atoms with van der Waals surface area (Å²) in [5.74, 6) is 0.783. The van der Waals surface area contributed by atoms with E-state index in [2.05, 4.69) is 13.8 Å². The van der Waals surface area contributed by atoms with Crippen LogP contribution < -0.4 is 4.74 Å². The number of thiocarbonyl (C=S) groups is 1. The maximum atomic E-state index is 12.9. The Bertz CT molecular complexity index is 861. The first-order valence-electron chi connectivity index (χ1n) is 8.65. The molecule has 140 valence electrons. The molecule has 0 radical (unpaired) electrons. The van der Waals surface area contributed by atoms with E-state index in [4.69, 9.17) is 17.0 Å². The first kappa shape index (κ1) is 19.6. The second-order valence-electron chi connectivity index (χ2n) is 6.67. The van der Waals surface area contributed by atoms with Crippen molar-refractivity contribution in [1.82, 2.24) is 4.90 Å². The number of benzene rings is 2. The van der Waals surface area contributed by atoms with Crippen molar-refractivity contribution >= 4 is 40.3 Å². The lowest BCUT2D eigenvalue weighted by atomic mass is 10.2. The second-order valence-corrected chi connectivity index (χ2v) is 8.35. The van der Waals surface area contributed by atoms with Crippen molar-refractivity contribution in [2.75, 3.05) is 6.54 Å². The van der Waals surface area contributed by atoms with Gasteiger partial charge in [0.1, 0.15) is 22.5 Å². The third kappa shape index (κ3) is 5.17. The lowest BCUT2D eigenvalue weighted by Crippen LogP contribution is -2.31. The van der Waals surface area contributed by atoms with Gasteiger partial charge >= 0.3 is 0 Å². The summed E-state index contributed by atoms with van der Waals surface area (Å²) < 4.78 is 19.2. The van der Waals surface area contributed by atoms with Crippen LogP contribution in [0.15, 0.2) is 53.4 Å². The monoisotopic (exact) mass is 401 g/mol. The molecule has 0 atom stereocenters. The van der Waals surface area contributed by atoms with Crippen molar-refractivity contribution in [3.05, 3.63) is 70.4 Å². The van der Waals surface area contributed by atoms with Gasteiger partial charge in [0.25, 0.3) is 5.91 Å². The van der Waals surface area contributed by atoms with Crippen LogP contribution in [-0.2, 0) is 11.4 Å². The maximum Gasteiger partial charge on any atom is 0.266 e.